The summed E-state index contributed by atoms with van der Waals surface area (Å²) in [5.74, 6) is -0.633. The Morgan fingerprint density at radius 2 is 1.74 bits per heavy atom. The van der Waals surface area contributed by atoms with Crippen molar-refractivity contribution < 1.29 is 32.3 Å². The van der Waals surface area contributed by atoms with Crippen LogP contribution in [0.3, 0.4) is 0 Å². The number of nitrogens with one attached hydrogen (secondary N) is 2. The summed E-state index contributed by atoms with van der Waals surface area (Å²) < 4.78 is 50.5. The summed E-state index contributed by atoms with van der Waals surface area (Å²) in [6, 6.07) is 12.0. The van der Waals surface area contributed by atoms with Crippen LogP contribution in [0.2, 0.25) is 0 Å². The van der Waals surface area contributed by atoms with E-state index in [-0.39, 0.29) is 29.8 Å². The van der Waals surface area contributed by atoms with E-state index in [1.54, 1.807) is 30.7 Å². The Balaban J connectivity index is 0.884. The second-order valence-electron chi connectivity index (χ2n) is 15.1. The monoisotopic (exact) mass is 787 g/mol. The molecule has 1 atom stereocenters. The molecule has 3 amide bonds. The number of benzene rings is 2. The van der Waals surface area contributed by atoms with E-state index in [0.717, 1.165) is 87.1 Å². The average Bonchev–Trinajstić information content (AvgIpc) is 3.72. The molecule has 300 valence electrons. The van der Waals surface area contributed by atoms with Gasteiger partial charge in [-0.25, -0.2) is 9.78 Å². The molecule has 3 aliphatic rings. The number of hydrogen-bond donors (Lipinski definition) is 2. The van der Waals surface area contributed by atoms with Crippen LogP contribution >= 0.6 is 0 Å². The van der Waals surface area contributed by atoms with Crippen molar-refractivity contribution in [2.45, 2.75) is 63.7 Å². The minimum Gasteiger partial charge on any atom is -0.492 e. The van der Waals surface area contributed by atoms with Gasteiger partial charge in [0.2, 0.25) is 11.8 Å². The van der Waals surface area contributed by atoms with E-state index in [0.29, 0.717) is 41.4 Å². The molecule has 2 saturated heterocycles. The molecule has 1 unspecified atom stereocenters. The van der Waals surface area contributed by atoms with Crippen LogP contribution < -0.4 is 26.0 Å². The SMILES string of the molecule is CCOc1cc2nn(C3CCC(CN4CCN(c5cccc6c5n(C)c(=O)n6C5CCC(=O)NC5=O)CC4)CC3)cc2cc1NC(=O)c1cccc(C(F)(F)F)n1. The number of carbonyl (C=O) groups excluding carboxylic acids is 3. The molecular weight excluding hydrogens is 743 g/mol. The Morgan fingerprint density at radius 3 is 2.46 bits per heavy atom. The van der Waals surface area contributed by atoms with Gasteiger partial charge >= 0.3 is 11.9 Å². The maximum absolute atomic E-state index is 13.4. The van der Waals surface area contributed by atoms with Crippen molar-refractivity contribution in [1.82, 2.24) is 34.1 Å². The molecule has 0 spiro atoms. The highest BCUT2D eigenvalue weighted by atomic mass is 19.4. The quantitative estimate of drug-likeness (QED) is 0.190. The van der Waals surface area contributed by atoms with Crippen LogP contribution in [0, 0.1) is 5.92 Å². The van der Waals surface area contributed by atoms with E-state index < -0.39 is 29.7 Å². The third-order valence-electron chi connectivity index (χ3n) is 11.5. The molecule has 3 fully saturated rings. The predicted molar refractivity (Wildman–Crippen MR) is 206 cm³/mol. The summed E-state index contributed by atoms with van der Waals surface area (Å²) >= 11 is 0. The number of piperidine rings is 1. The van der Waals surface area contributed by atoms with Crippen molar-refractivity contribution >= 4 is 51.0 Å². The highest BCUT2D eigenvalue weighted by Crippen LogP contribution is 2.37. The van der Waals surface area contributed by atoms with Crippen LogP contribution in [0.4, 0.5) is 24.5 Å². The normalized spacial score (nSPS) is 20.9. The highest BCUT2D eigenvalue weighted by Gasteiger charge is 2.34. The average molecular weight is 788 g/mol. The van der Waals surface area contributed by atoms with Crippen molar-refractivity contribution in [1.29, 1.82) is 0 Å². The molecule has 2 N–H and O–H groups in total. The van der Waals surface area contributed by atoms with Crippen molar-refractivity contribution in [2.75, 3.05) is 49.5 Å². The molecule has 1 aliphatic carbocycles. The smallest absolute Gasteiger partial charge is 0.433 e. The van der Waals surface area contributed by atoms with Gasteiger partial charge in [-0.2, -0.15) is 18.3 Å². The third kappa shape index (κ3) is 7.59. The number of piperazine rings is 1. The van der Waals surface area contributed by atoms with Gasteiger partial charge in [0.05, 0.1) is 40.6 Å². The molecule has 0 bridgehead atoms. The number of anilines is 2. The lowest BCUT2D eigenvalue weighted by atomic mass is 9.85. The summed E-state index contributed by atoms with van der Waals surface area (Å²) in [7, 11) is 1.73. The lowest BCUT2D eigenvalue weighted by molar-refractivity contribution is -0.141. The number of aromatic nitrogens is 5. The second kappa shape index (κ2) is 15.3. The summed E-state index contributed by atoms with van der Waals surface area (Å²) in [5, 5.41) is 10.7. The first-order chi connectivity index (χ1) is 27.4. The molecule has 8 rings (SSSR count). The Labute approximate surface area is 325 Å². The van der Waals surface area contributed by atoms with Gasteiger partial charge in [0.15, 0.2) is 0 Å². The highest BCUT2D eigenvalue weighted by molar-refractivity contribution is 6.05. The number of pyridine rings is 1. The van der Waals surface area contributed by atoms with Crippen molar-refractivity contribution in [3.8, 4) is 5.75 Å². The second-order valence-corrected chi connectivity index (χ2v) is 15.1. The number of rotatable bonds is 9. The Hall–Kier alpha value is -5.71. The van der Waals surface area contributed by atoms with E-state index in [1.165, 1.54) is 10.6 Å². The molecule has 2 aromatic carbocycles. The van der Waals surface area contributed by atoms with Crippen molar-refractivity contribution in [3.63, 3.8) is 0 Å². The minimum absolute atomic E-state index is 0.194. The predicted octanol–water partition coefficient (Wildman–Crippen LogP) is 5.29. The van der Waals surface area contributed by atoms with E-state index in [2.05, 4.69) is 25.4 Å². The fraction of sp³-hybridized carbons (Fsp3) is 0.450. The first-order valence-corrected chi connectivity index (χ1v) is 19.4. The van der Waals surface area contributed by atoms with E-state index in [1.807, 2.05) is 29.1 Å². The van der Waals surface area contributed by atoms with Crippen LogP contribution in [0.15, 0.2) is 59.5 Å². The number of halogens is 3. The number of hydrogen-bond acceptors (Lipinski definition) is 9. The van der Waals surface area contributed by atoms with Crippen LogP contribution in [0.5, 0.6) is 5.75 Å². The number of imide groups is 1. The zero-order valence-electron chi connectivity index (χ0n) is 31.7. The lowest BCUT2D eigenvalue weighted by Gasteiger charge is -2.39. The topological polar surface area (TPSA) is 149 Å². The van der Waals surface area contributed by atoms with Crippen LogP contribution in [-0.2, 0) is 22.8 Å². The summed E-state index contributed by atoms with van der Waals surface area (Å²) in [6.07, 6.45) is 1.78. The number of amides is 3. The standard InChI is InChI=1S/C40H44F3N9O5/c1-3-57-33-21-28-25(20-29(33)45-37(54)27-6-4-9-34(44-27)40(41,42)43)23-51(47-28)26-12-10-24(11-13-26)22-49-16-18-50(19-17-49)30-7-5-8-31-36(30)48(2)39(56)52(31)32-14-15-35(53)46-38(32)55/h4-9,20-21,23-24,26,32H,3,10-19,22H2,1-2H3,(H,45,54)(H,46,53,55). The third-order valence-corrected chi connectivity index (χ3v) is 11.5. The molecule has 1 saturated carbocycles. The molecule has 57 heavy (non-hydrogen) atoms. The fourth-order valence-corrected chi connectivity index (χ4v) is 8.57. The maximum atomic E-state index is 13.4. The molecule has 14 nitrogen and oxygen atoms in total. The van der Waals surface area contributed by atoms with Crippen molar-refractivity contribution in [2.24, 2.45) is 13.0 Å². The molecular formula is C40H44F3N9O5. The van der Waals surface area contributed by atoms with E-state index >= 15 is 0 Å². The molecule has 2 aliphatic heterocycles. The largest absolute Gasteiger partial charge is 0.492 e. The van der Waals surface area contributed by atoms with E-state index in [9.17, 15) is 32.3 Å². The number of carbonyl (C=O) groups is 3. The Morgan fingerprint density at radius 1 is 0.982 bits per heavy atom. The van der Waals surface area contributed by atoms with Gasteiger partial charge in [-0.3, -0.25) is 38.4 Å². The molecule has 17 heteroatoms. The molecule has 3 aromatic heterocycles. The lowest BCUT2D eigenvalue weighted by Crippen LogP contribution is -2.48. The van der Waals surface area contributed by atoms with Gasteiger partial charge in [-0.05, 0) is 75.3 Å². The number of para-hydroxylation sites is 1. The van der Waals surface area contributed by atoms with Gasteiger partial charge in [-0.1, -0.05) is 12.1 Å². The summed E-state index contributed by atoms with van der Waals surface area (Å²) in [4.78, 5) is 59.2. The number of imidazole rings is 1. The van der Waals surface area contributed by atoms with Crippen molar-refractivity contribution in [3.05, 3.63) is 76.6 Å². The zero-order valence-corrected chi connectivity index (χ0v) is 31.7. The van der Waals surface area contributed by atoms with Crippen LogP contribution in [0.1, 0.15) is 73.7 Å². The van der Waals surface area contributed by atoms with Crippen LogP contribution in [0.25, 0.3) is 21.9 Å². The number of aryl methyl sites for hydroxylation is 1. The molecule has 5 aromatic rings. The number of nitrogens with zero attached hydrogens (tertiary/aromatic N) is 7. The van der Waals surface area contributed by atoms with Gasteiger partial charge < -0.3 is 15.0 Å². The first kappa shape index (κ1) is 38.2. The molecule has 5 heterocycles. The van der Waals surface area contributed by atoms with Gasteiger partial charge in [-0.15, -0.1) is 0 Å². The van der Waals surface area contributed by atoms with Gasteiger partial charge in [0.25, 0.3) is 5.91 Å². The van der Waals surface area contributed by atoms with Gasteiger partial charge in [0, 0.05) is 63.8 Å². The zero-order chi connectivity index (χ0) is 40.0. The summed E-state index contributed by atoms with van der Waals surface area (Å²) in [6.45, 7) is 6.48. The van der Waals surface area contributed by atoms with E-state index in [4.69, 9.17) is 9.84 Å². The minimum atomic E-state index is -4.67. The molecule has 0 radical (unpaired) electrons. The Kier molecular flexibility index (Phi) is 10.3. The first-order valence-electron chi connectivity index (χ1n) is 19.4. The number of alkyl halides is 3. The number of fused-ring (bicyclic) bond motifs is 2. The Bertz CT molecular complexity index is 2400. The number of ether oxygens (including phenoxy) is 1. The maximum Gasteiger partial charge on any atom is 0.433 e. The van der Waals surface area contributed by atoms with Crippen LogP contribution in [-0.4, -0.2) is 85.9 Å². The van der Waals surface area contributed by atoms with Gasteiger partial charge in [0.1, 0.15) is 23.2 Å². The summed E-state index contributed by atoms with van der Waals surface area (Å²) in [5.41, 5.74) is 1.67. The fourth-order valence-electron chi connectivity index (χ4n) is 8.57.